The van der Waals surface area contributed by atoms with Gasteiger partial charge in [-0.3, -0.25) is 0 Å². The Morgan fingerprint density at radius 1 is 0.931 bits per heavy atom. The van der Waals surface area contributed by atoms with E-state index < -0.39 is 0 Å². The Morgan fingerprint density at radius 3 is 2.41 bits per heavy atom. The van der Waals surface area contributed by atoms with Crippen LogP contribution in [0.3, 0.4) is 0 Å². The van der Waals surface area contributed by atoms with Crippen LogP contribution in [0.4, 0.5) is 0 Å². The second kappa shape index (κ2) is 6.98. The molecule has 0 radical (unpaired) electrons. The molecule has 5 aliphatic rings. The van der Waals surface area contributed by atoms with Crippen LogP contribution in [0.1, 0.15) is 105 Å². The van der Waals surface area contributed by atoms with E-state index in [2.05, 4.69) is 34.6 Å². The number of rotatable bonds is 6. The van der Waals surface area contributed by atoms with Gasteiger partial charge >= 0.3 is 0 Å². The van der Waals surface area contributed by atoms with Crippen molar-refractivity contribution in [2.24, 2.45) is 57.7 Å². The normalized spacial score (nSPS) is 53.9. The van der Waals surface area contributed by atoms with Gasteiger partial charge in [0.1, 0.15) is 0 Å². The fourth-order valence-corrected chi connectivity index (χ4v) is 10.6. The van der Waals surface area contributed by atoms with Crippen molar-refractivity contribution in [3.63, 3.8) is 0 Å². The second-order valence-electron chi connectivity index (χ2n) is 13.3. The van der Waals surface area contributed by atoms with Gasteiger partial charge in [-0.15, -0.1) is 0 Å². The lowest BCUT2D eigenvalue weighted by Crippen LogP contribution is -2.57. The van der Waals surface area contributed by atoms with E-state index in [1.807, 2.05) is 7.11 Å². The van der Waals surface area contributed by atoms with E-state index in [1.54, 1.807) is 0 Å². The highest BCUT2D eigenvalue weighted by molar-refractivity contribution is 5.26. The first-order chi connectivity index (χ1) is 13.8. The van der Waals surface area contributed by atoms with Crippen molar-refractivity contribution in [2.75, 3.05) is 7.11 Å². The molecule has 10 atom stereocenters. The standard InChI is InChI=1S/C28H48O/c1-18(2)8-7-9-19(3)22-10-11-23-21-16-25(29-6)28-17-20(28)12-15-27(28,5)24(21)13-14-26(22,23)4/h18-25H,7-17H2,1-6H3/t19-,20+,21+,22-,23+,24+,25-,26-,27-,28?/m1/s1. The molecule has 0 saturated heterocycles. The molecule has 5 rings (SSSR count). The Morgan fingerprint density at radius 2 is 1.72 bits per heavy atom. The third kappa shape index (κ3) is 2.74. The smallest absolute Gasteiger partial charge is 0.0638 e. The fourth-order valence-electron chi connectivity index (χ4n) is 10.6. The van der Waals surface area contributed by atoms with Crippen molar-refractivity contribution >= 4 is 0 Å². The molecule has 5 fully saturated rings. The first-order valence-electron chi connectivity index (χ1n) is 13.3. The minimum absolute atomic E-state index is 0.561. The van der Waals surface area contributed by atoms with Crippen LogP contribution in [0.5, 0.6) is 0 Å². The van der Waals surface area contributed by atoms with Gasteiger partial charge in [-0.25, -0.2) is 0 Å². The summed E-state index contributed by atoms with van der Waals surface area (Å²) >= 11 is 0. The molecule has 0 aromatic rings. The van der Waals surface area contributed by atoms with Crippen LogP contribution in [-0.4, -0.2) is 13.2 Å². The molecule has 0 aliphatic heterocycles. The van der Waals surface area contributed by atoms with Gasteiger partial charge < -0.3 is 4.74 Å². The van der Waals surface area contributed by atoms with Crippen molar-refractivity contribution in [3.8, 4) is 0 Å². The zero-order valence-corrected chi connectivity index (χ0v) is 20.3. The van der Waals surface area contributed by atoms with Crippen molar-refractivity contribution < 1.29 is 4.74 Å². The molecule has 5 saturated carbocycles. The van der Waals surface area contributed by atoms with E-state index in [0.29, 0.717) is 22.3 Å². The Balaban J connectivity index is 1.35. The zero-order valence-electron chi connectivity index (χ0n) is 20.3. The van der Waals surface area contributed by atoms with Crippen molar-refractivity contribution in [2.45, 2.75) is 111 Å². The van der Waals surface area contributed by atoms with Gasteiger partial charge in [-0.2, -0.15) is 0 Å². The van der Waals surface area contributed by atoms with E-state index in [4.69, 9.17) is 4.74 Å². The molecule has 1 spiro atoms. The summed E-state index contributed by atoms with van der Waals surface area (Å²) in [6.45, 7) is 12.8. The average molecular weight is 401 g/mol. The summed E-state index contributed by atoms with van der Waals surface area (Å²) in [4.78, 5) is 0. The molecule has 166 valence electrons. The van der Waals surface area contributed by atoms with E-state index in [-0.39, 0.29) is 0 Å². The van der Waals surface area contributed by atoms with Crippen LogP contribution in [0, 0.1) is 57.7 Å². The maximum atomic E-state index is 6.30. The summed E-state index contributed by atoms with van der Waals surface area (Å²) in [7, 11) is 2.03. The highest BCUT2D eigenvalue weighted by atomic mass is 16.5. The molecule has 1 heteroatoms. The number of methoxy groups -OCH3 is 1. The maximum Gasteiger partial charge on any atom is 0.0638 e. The summed E-state index contributed by atoms with van der Waals surface area (Å²) in [6.07, 6.45) is 16.8. The van der Waals surface area contributed by atoms with Gasteiger partial charge in [0, 0.05) is 12.5 Å². The summed E-state index contributed by atoms with van der Waals surface area (Å²) in [6, 6.07) is 0. The molecule has 5 aliphatic carbocycles. The quantitative estimate of drug-likeness (QED) is 0.443. The molecule has 29 heavy (non-hydrogen) atoms. The zero-order chi connectivity index (χ0) is 20.6. The monoisotopic (exact) mass is 400 g/mol. The molecular weight excluding hydrogens is 352 g/mol. The van der Waals surface area contributed by atoms with Crippen LogP contribution in [0.15, 0.2) is 0 Å². The lowest BCUT2D eigenvalue weighted by atomic mass is 9.45. The molecular formula is C28H48O. The summed E-state index contributed by atoms with van der Waals surface area (Å²) in [5.41, 5.74) is 1.78. The fraction of sp³-hybridized carbons (Fsp3) is 1.00. The van der Waals surface area contributed by atoms with Crippen LogP contribution in [0.25, 0.3) is 0 Å². The van der Waals surface area contributed by atoms with E-state index >= 15 is 0 Å². The van der Waals surface area contributed by atoms with Crippen LogP contribution >= 0.6 is 0 Å². The van der Waals surface area contributed by atoms with Crippen LogP contribution in [-0.2, 0) is 4.74 Å². The van der Waals surface area contributed by atoms with Crippen molar-refractivity contribution in [1.82, 2.24) is 0 Å². The highest BCUT2D eigenvalue weighted by Gasteiger charge is 2.77. The topological polar surface area (TPSA) is 9.23 Å². The Bertz CT molecular complexity index is 626. The molecule has 1 unspecified atom stereocenters. The summed E-state index contributed by atoms with van der Waals surface area (Å²) in [5, 5.41) is 0. The Labute approximate surface area is 181 Å². The average Bonchev–Trinajstić information content (AvgIpc) is 3.18. The molecule has 0 bridgehead atoms. The summed E-state index contributed by atoms with van der Waals surface area (Å²) in [5.74, 6) is 6.68. The third-order valence-electron chi connectivity index (χ3n) is 12.0. The Hall–Kier alpha value is -0.0400. The first-order valence-corrected chi connectivity index (χ1v) is 13.3. The second-order valence-corrected chi connectivity index (χ2v) is 13.3. The maximum absolute atomic E-state index is 6.30. The predicted molar refractivity (Wildman–Crippen MR) is 122 cm³/mol. The number of hydrogen-bond donors (Lipinski definition) is 0. The third-order valence-corrected chi connectivity index (χ3v) is 12.0. The van der Waals surface area contributed by atoms with Gasteiger partial charge in [0.2, 0.25) is 0 Å². The first kappa shape index (κ1) is 20.8. The lowest BCUT2D eigenvalue weighted by Gasteiger charge is -2.61. The number of fused-ring (bicyclic) bond motifs is 4. The van der Waals surface area contributed by atoms with E-state index in [1.165, 1.54) is 70.6 Å². The van der Waals surface area contributed by atoms with Crippen molar-refractivity contribution in [3.05, 3.63) is 0 Å². The molecule has 0 aromatic heterocycles. The van der Waals surface area contributed by atoms with Gasteiger partial charge in [0.25, 0.3) is 0 Å². The highest BCUT2D eigenvalue weighted by Crippen LogP contribution is 2.82. The van der Waals surface area contributed by atoms with Gasteiger partial charge in [0.05, 0.1) is 6.10 Å². The largest absolute Gasteiger partial charge is 0.381 e. The predicted octanol–water partition coefficient (Wildman–Crippen LogP) is 7.73. The molecule has 1 nitrogen and oxygen atoms in total. The lowest BCUT2D eigenvalue weighted by molar-refractivity contribution is -0.161. The summed E-state index contributed by atoms with van der Waals surface area (Å²) < 4.78 is 6.30. The molecule has 0 heterocycles. The number of ether oxygens (including phenoxy) is 1. The van der Waals surface area contributed by atoms with Gasteiger partial charge in [-0.1, -0.05) is 53.9 Å². The van der Waals surface area contributed by atoms with Gasteiger partial charge in [-0.05, 0) is 104 Å². The van der Waals surface area contributed by atoms with Crippen molar-refractivity contribution in [1.29, 1.82) is 0 Å². The molecule has 0 amide bonds. The van der Waals surface area contributed by atoms with Crippen LogP contribution in [0.2, 0.25) is 0 Å². The molecule has 0 aromatic carbocycles. The van der Waals surface area contributed by atoms with E-state index in [9.17, 15) is 0 Å². The number of hydrogen-bond acceptors (Lipinski definition) is 1. The van der Waals surface area contributed by atoms with Gasteiger partial charge in [0.15, 0.2) is 0 Å². The Kier molecular flexibility index (Phi) is 5.02. The van der Waals surface area contributed by atoms with E-state index in [0.717, 1.165) is 41.4 Å². The van der Waals surface area contributed by atoms with Crippen LogP contribution < -0.4 is 0 Å². The molecule has 0 N–H and O–H groups in total. The minimum atomic E-state index is 0.561. The minimum Gasteiger partial charge on any atom is -0.381 e. The SMILES string of the molecule is CO[C@@H]1C[C@H]2[C@@H]3CC[C@H]([C@H](C)CCCC(C)C)[C@@]3(C)CC[C@@H]2[C@@]2(C)CC[C@H]3CC312.